The first-order valence-corrected chi connectivity index (χ1v) is 4.75. The van der Waals surface area contributed by atoms with Crippen LogP contribution < -0.4 is 4.74 Å². The van der Waals surface area contributed by atoms with E-state index in [4.69, 9.17) is 4.74 Å². The summed E-state index contributed by atoms with van der Waals surface area (Å²) in [6.45, 7) is 4.13. The van der Waals surface area contributed by atoms with Gasteiger partial charge in [0.2, 0.25) is 0 Å². The highest BCUT2D eigenvalue weighted by molar-refractivity contribution is 5.30. The highest BCUT2D eigenvalue weighted by atomic mass is 19.1. The summed E-state index contributed by atoms with van der Waals surface area (Å²) in [6, 6.07) is 4.29. The van der Waals surface area contributed by atoms with Crippen LogP contribution in [0.1, 0.15) is 31.9 Å². The summed E-state index contributed by atoms with van der Waals surface area (Å²) in [5.74, 6) is 0.0947. The van der Waals surface area contributed by atoms with Gasteiger partial charge in [-0.3, -0.25) is 0 Å². The average molecular weight is 198 g/mol. The van der Waals surface area contributed by atoms with Crippen LogP contribution in [0.15, 0.2) is 18.2 Å². The van der Waals surface area contributed by atoms with E-state index in [1.54, 1.807) is 13.0 Å². The Morgan fingerprint density at radius 2 is 2.14 bits per heavy atom. The lowest BCUT2D eigenvalue weighted by Crippen LogP contribution is -1.98. The molecular weight excluding hydrogens is 183 g/mol. The van der Waals surface area contributed by atoms with Gasteiger partial charge in [0.1, 0.15) is 11.6 Å². The van der Waals surface area contributed by atoms with Crippen LogP contribution in [0, 0.1) is 5.82 Å². The van der Waals surface area contributed by atoms with Crippen molar-refractivity contribution >= 4 is 0 Å². The topological polar surface area (TPSA) is 29.5 Å². The minimum Gasteiger partial charge on any atom is -0.493 e. The molecule has 1 aromatic rings. The fourth-order valence-corrected chi connectivity index (χ4v) is 1.13. The lowest BCUT2D eigenvalue weighted by Gasteiger charge is -2.09. The van der Waals surface area contributed by atoms with Crippen LogP contribution in [0.2, 0.25) is 0 Å². The molecule has 0 radical (unpaired) electrons. The van der Waals surface area contributed by atoms with Crippen LogP contribution >= 0.6 is 0 Å². The standard InChI is InChI=1S/C11H15FO2/c1-3-4-14-11-6-9(8(2)13)5-10(12)7-11/h5-8,13H,3-4H2,1-2H3. The number of hydrogen-bond acceptors (Lipinski definition) is 2. The van der Waals surface area contributed by atoms with Gasteiger partial charge < -0.3 is 9.84 Å². The second-order valence-corrected chi connectivity index (χ2v) is 3.24. The molecule has 3 heteroatoms. The van der Waals surface area contributed by atoms with E-state index >= 15 is 0 Å². The van der Waals surface area contributed by atoms with Gasteiger partial charge in [0, 0.05) is 6.07 Å². The van der Waals surface area contributed by atoms with E-state index in [0.29, 0.717) is 17.9 Å². The third kappa shape index (κ3) is 3.00. The Morgan fingerprint density at radius 3 is 2.71 bits per heavy atom. The monoisotopic (exact) mass is 198 g/mol. The number of benzene rings is 1. The molecule has 0 fully saturated rings. The molecule has 0 aliphatic heterocycles. The minimum absolute atomic E-state index is 0.380. The van der Waals surface area contributed by atoms with Crippen molar-refractivity contribution in [3.63, 3.8) is 0 Å². The van der Waals surface area contributed by atoms with Crippen molar-refractivity contribution in [2.45, 2.75) is 26.4 Å². The van der Waals surface area contributed by atoms with Crippen LogP contribution in [0.3, 0.4) is 0 Å². The van der Waals surface area contributed by atoms with Crippen LogP contribution in [0.4, 0.5) is 4.39 Å². The number of rotatable bonds is 4. The van der Waals surface area contributed by atoms with Crippen molar-refractivity contribution in [3.05, 3.63) is 29.6 Å². The molecule has 1 unspecified atom stereocenters. The first-order chi connectivity index (χ1) is 6.63. The SMILES string of the molecule is CCCOc1cc(F)cc(C(C)O)c1. The maximum absolute atomic E-state index is 13.0. The normalized spacial score (nSPS) is 12.6. The molecule has 0 saturated carbocycles. The van der Waals surface area contributed by atoms with Crippen molar-refractivity contribution in [1.82, 2.24) is 0 Å². The molecule has 0 aliphatic carbocycles. The molecule has 1 atom stereocenters. The molecule has 0 amide bonds. The van der Waals surface area contributed by atoms with Gasteiger partial charge in [0.05, 0.1) is 12.7 Å². The summed E-state index contributed by atoms with van der Waals surface area (Å²) >= 11 is 0. The maximum Gasteiger partial charge on any atom is 0.127 e. The van der Waals surface area contributed by atoms with Crippen molar-refractivity contribution < 1.29 is 14.2 Å². The van der Waals surface area contributed by atoms with Crippen LogP contribution in [0.25, 0.3) is 0 Å². The zero-order chi connectivity index (χ0) is 10.6. The van der Waals surface area contributed by atoms with Crippen molar-refractivity contribution in [2.75, 3.05) is 6.61 Å². The number of aliphatic hydroxyl groups excluding tert-OH is 1. The molecule has 78 valence electrons. The van der Waals surface area contributed by atoms with E-state index in [2.05, 4.69) is 0 Å². The molecule has 0 spiro atoms. The van der Waals surface area contributed by atoms with Gasteiger partial charge in [-0.05, 0) is 31.0 Å². The minimum atomic E-state index is -0.672. The zero-order valence-electron chi connectivity index (χ0n) is 8.46. The first-order valence-electron chi connectivity index (χ1n) is 4.75. The smallest absolute Gasteiger partial charge is 0.127 e. The summed E-state index contributed by atoms with van der Waals surface area (Å²) in [6.07, 6.45) is 0.204. The quantitative estimate of drug-likeness (QED) is 0.806. The Morgan fingerprint density at radius 1 is 1.43 bits per heavy atom. The van der Waals surface area contributed by atoms with E-state index in [1.807, 2.05) is 6.92 Å². The predicted octanol–water partition coefficient (Wildman–Crippen LogP) is 2.67. The van der Waals surface area contributed by atoms with Gasteiger partial charge in [-0.15, -0.1) is 0 Å². The van der Waals surface area contributed by atoms with Crippen molar-refractivity contribution in [3.8, 4) is 5.75 Å². The summed E-state index contributed by atoms with van der Waals surface area (Å²) in [4.78, 5) is 0. The Kier molecular flexibility index (Phi) is 3.89. The van der Waals surface area contributed by atoms with Gasteiger partial charge in [-0.2, -0.15) is 0 Å². The molecular formula is C11H15FO2. The van der Waals surface area contributed by atoms with E-state index in [-0.39, 0.29) is 5.82 Å². The van der Waals surface area contributed by atoms with Crippen molar-refractivity contribution in [1.29, 1.82) is 0 Å². The van der Waals surface area contributed by atoms with Crippen LogP contribution in [-0.4, -0.2) is 11.7 Å². The van der Waals surface area contributed by atoms with Gasteiger partial charge >= 0.3 is 0 Å². The molecule has 1 rings (SSSR count). The molecule has 0 heterocycles. The van der Waals surface area contributed by atoms with E-state index < -0.39 is 6.10 Å². The molecule has 1 aromatic carbocycles. The number of halogens is 1. The van der Waals surface area contributed by atoms with Crippen LogP contribution in [0.5, 0.6) is 5.75 Å². The summed E-state index contributed by atoms with van der Waals surface area (Å²) in [7, 11) is 0. The summed E-state index contributed by atoms with van der Waals surface area (Å²) in [5, 5.41) is 9.28. The third-order valence-electron chi connectivity index (χ3n) is 1.85. The van der Waals surface area contributed by atoms with E-state index in [9.17, 15) is 9.50 Å². The van der Waals surface area contributed by atoms with Gasteiger partial charge in [0.15, 0.2) is 0 Å². The Balaban J connectivity index is 2.84. The second-order valence-electron chi connectivity index (χ2n) is 3.24. The lowest BCUT2D eigenvalue weighted by molar-refractivity contribution is 0.198. The Labute approximate surface area is 83.3 Å². The lowest BCUT2D eigenvalue weighted by atomic mass is 10.1. The van der Waals surface area contributed by atoms with Gasteiger partial charge in [-0.1, -0.05) is 6.92 Å². The largest absolute Gasteiger partial charge is 0.493 e. The predicted molar refractivity (Wildman–Crippen MR) is 52.8 cm³/mol. The molecule has 0 aliphatic rings. The van der Waals surface area contributed by atoms with E-state index in [0.717, 1.165) is 6.42 Å². The molecule has 14 heavy (non-hydrogen) atoms. The number of ether oxygens (including phenoxy) is 1. The molecule has 2 nitrogen and oxygen atoms in total. The number of aliphatic hydroxyl groups is 1. The molecule has 0 aromatic heterocycles. The Hall–Kier alpha value is -1.09. The number of hydrogen-bond donors (Lipinski definition) is 1. The first kappa shape index (κ1) is 11.0. The summed E-state index contributed by atoms with van der Waals surface area (Å²) < 4.78 is 18.3. The zero-order valence-corrected chi connectivity index (χ0v) is 8.46. The molecule has 0 saturated heterocycles. The third-order valence-corrected chi connectivity index (χ3v) is 1.85. The second kappa shape index (κ2) is 4.96. The van der Waals surface area contributed by atoms with Gasteiger partial charge in [-0.25, -0.2) is 4.39 Å². The Bertz CT molecular complexity index is 297. The fourth-order valence-electron chi connectivity index (χ4n) is 1.13. The highest BCUT2D eigenvalue weighted by Crippen LogP contribution is 2.21. The van der Waals surface area contributed by atoms with E-state index in [1.165, 1.54) is 12.1 Å². The van der Waals surface area contributed by atoms with Crippen LogP contribution in [-0.2, 0) is 0 Å². The molecule has 0 bridgehead atoms. The summed E-state index contributed by atoms with van der Waals surface area (Å²) in [5.41, 5.74) is 0.538. The maximum atomic E-state index is 13.0. The van der Waals surface area contributed by atoms with Gasteiger partial charge in [0.25, 0.3) is 0 Å². The fraction of sp³-hybridized carbons (Fsp3) is 0.455. The van der Waals surface area contributed by atoms with Crippen molar-refractivity contribution in [2.24, 2.45) is 0 Å². The highest BCUT2D eigenvalue weighted by Gasteiger charge is 2.05. The average Bonchev–Trinajstić information content (AvgIpc) is 2.14. The molecule has 1 N–H and O–H groups in total.